The van der Waals surface area contributed by atoms with Crippen LogP contribution >= 0.6 is 0 Å². The molecule has 6 heteroatoms. The van der Waals surface area contributed by atoms with E-state index in [9.17, 15) is 14.4 Å². The average molecular weight is 440 g/mol. The number of anilines is 2. The highest BCUT2D eigenvalue weighted by molar-refractivity contribution is 6.32. The molecule has 3 aliphatic rings. The van der Waals surface area contributed by atoms with Crippen LogP contribution in [0.3, 0.4) is 0 Å². The Balaban J connectivity index is 1.40. The van der Waals surface area contributed by atoms with E-state index >= 15 is 0 Å². The number of allylic oxidation sites excluding steroid dienone is 5. The van der Waals surface area contributed by atoms with Crippen LogP contribution in [0.1, 0.15) is 65.3 Å². The van der Waals surface area contributed by atoms with Crippen molar-refractivity contribution in [2.45, 2.75) is 39.0 Å². The third-order valence-corrected chi connectivity index (χ3v) is 6.69. The Bertz CT molecular complexity index is 1300. The summed E-state index contributed by atoms with van der Waals surface area (Å²) >= 11 is 0. The number of hydrogen-bond donors (Lipinski definition) is 3. The molecule has 3 N–H and O–H groups in total. The lowest BCUT2D eigenvalue weighted by atomic mass is 9.91. The van der Waals surface area contributed by atoms with Crippen molar-refractivity contribution in [3.8, 4) is 0 Å². The first kappa shape index (κ1) is 20.9. The Hall–Kier alpha value is -3.93. The highest BCUT2D eigenvalue weighted by atomic mass is 16.4. The number of benzene rings is 2. The van der Waals surface area contributed by atoms with Crippen molar-refractivity contribution in [1.29, 1.82) is 0 Å². The molecule has 2 amide bonds. The lowest BCUT2D eigenvalue weighted by Gasteiger charge is -2.14. The number of carbonyl (C=O) groups is 3. The molecular formula is C27H24N2O4. The maximum atomic E-state index is 12.7. The van der Waals surface area contributed by atoms with Crippen molar-refractivity contribution in [2.24, 2.45) is 0 Å². The summed E-state index contributed by atoms with van der Waals surface area (Å²) in [5.74, 6) is -1.52. The fourth-order valence-corrected chi connectivity index (χ4v) is 4.88. The van der Waals surface area contributed by atoms with E-state index in [0.717, 1.165) is 30.5 Å². The van der Waals surface area contributed by atoms with E-state index in [0.29, 0.717) is 16.8 Å². The highest BCUT2D eigenvalue weighted by Gasteiger charge is 2.28. The topological polar surface area (TPSA) is 95.5 Å². The smallest absolute Gasteiger partial charge is 0.335 e. The van der Waals surface area contributed by atoms with E-state index in [-0.39, 0.29) is 17.4 Å². The summed E-state index contributed by atoms with van der Waals surface area (Å²) in [7, 11) is 0. The van der Waals surface area contributed by atoms with Gasteiger partial charge < -0.3 is 15.7 Å². The molecule has 0 fully saturated rings. The molecule has 2 aromatic carbocycles. The van der Waals surface area contributed by atoms with E-state index in [1.807, 2.05) is 6.08 Å². The van der Waals surface area contributed by atoms with Crippen LogP contribution in [0.2, 0.25) is 0 Å². The van der Waals surface area contributed by atoms with Gasteiger partial charge in [-0.1, -0.05) is 5.57 Å². The molecule has 5 rings (SSSR count). The van der Waals surface area contributed by atoms with Crippen LogP contribution in [-0.2, 0) is 4.79 Å². The van der Waals surface area contributed by atoms with Crippen molar-refractivity contribution < 1.29 is 19.5 Å². The second-order valence-corrected chi connectivity index (χ2v) is 8.73. The Morgan fingerprint density at radius 3 is 2.48 bits per heavy atom. The molecule has 0 aromatic heterocycles. The molecule has 0 bridgehead atoms. The predicted molar refractivity (Wildman–Crippen MR) is 127 cm³/mol. The standard InChI is InChI=1S/C27H24N2O4/c1-15-19(12-18-4-2-3-5-21(15)18)13-23-22-14-20(10-11-24(22)29-26(23)31)28-25(30)16-6-8-17(9-7-16)27(32)33/h6-11,13-14H,2-5,12H2,1H3,(H,28,30)(H,29,31)(H,32,33). The van der Waals surface area contributed by atoms with E-state index < -0.39 is 5.97 Å². The first-order valence-corrected chi connectivity index (χ1v) is 11.1. The van der Waals surface area contributed by atoms with Crippen LogP contribution in [0, 0.1) is 0 Å². The third kappa shape index (κ3) is 3.89. The quantitative estimate of drug-likeness (QED) is 0.542. The van der Waals surface area contributed by atoms with Gasteiger partial charge in [-0.2, -0.15) is 0 Å². The number of carboxylic acid groups (broad SMARTS) is 1. The maximum absolute atomic E-state index is 12.7. The van der Waals surface area contributed by atoms with E-state index in [4.69, 9.17) is 5.11 Å². The predicted octanol–water partition coefficient (Wildman–Crippen LogP) is 5.56. The second kappa shape index (κ2) is 8.20. The van der Waals surface area contributed by atoms with Gasteiger partial charge in [-0.3, -0.25) is 9.59 Å². The van der Waals surface area contributed by atoms with Gasteiger partial charge in [0.15, 0.2) is 0 Å². The van der Waals surface area contributed by atoms with Gasteiger partial charge in [0.25, 0.3) is 11.8 Å². The van der Waals surface area contributed by atoms with E-state index in [2.05, 4.69) is 17.6 Å². The van der Waals surface area contributed by atoms with Crippen LogP contribution in [0.25, 0.3) is 5.57 Å². The summed E-state index contributed by atoms with van der Waals surface area (Å²) in [6, 6.07) is 11.1. The molecule has 2 aromatic rings. The summed E-state index contributed by atoms with van der Waals surface area (Å²) < 4.78 is 0. The fourth-order valence-electron chi connectivity index (χ4n) is 4.88. The number of amides is 2. The SMILES string of the molecule is CC1=C(C=C2C(=O)Nc3ccc(NC(=O)c4ccc(C(=O)O)cc4)cc32)CC2=C1CCCC2. The Kier molecular flexibility index (Phi) is 5.21. The maximum Gasteiger partial charge on any atom is 0.335 e. The molecule has 166 valence electrons. The van der Waals surface area contributed by atoms with Crippen molar-refractivity contribution >= 4 is 34.7 Å². The first-order valence-electron chi connectivity index (χ1n) is 11.1. The van der Waals surface area contributed by atoms with Crippen molar-refractivity contribution in [2.75, 3.05) is 10.6 Å². The van der Waals surface area contributed by atoms with E-state index in [1.54, 1.807) is 18.2 Å². The number of aromatic carboxylic acids is 1. The van der Waals surface area contributed by atoms with Crippen LogP contribution in [0.5, 0.6) is 0 Å². The molecule has 33 heavy (non-hydrogen) atoms. The second-order valence-electron chi connectivity index (χ2n) is 8.73. The molecule has 0 radical (unpaired) electrons. The number of rotatable bonds is 4. The zero-order valence-electron chi connectivity index (χ0n) is 18.3. The fraction of sp³-hybridized carbons (Fsp3) is 0.222. The number of carboxylic acids is 1. The van der Waals surface area contributed by atoms with Crippen molar-refractivity contribution in [3.05, 3.63) is 87.5 Å². The van der Waals surface area contributed by atoms with Crippen LogP contribution in [0.4, 0.5) is 11.4 Å². The largest absolute Gasteiger partial charge is 0.478 e. The molecule has 0 unspecified atom stereocenters. The van der Waals surface area contributed by atoms with Crippen molar-refractivity contribution in [1.82, 2.24) is 0 Å². The Morgan fingerprint density at radius 1 is 1.03 bits per heavy atom. The van der Waals surface area contributed by atoms with Gasteiger partial charge in [0, 0.05) is 28.1 Å². The summed E-state index contributed by atoms with van der Waals surface area (Å²) in [5.41, 5.74) is 8.64. The molecule has 6 nitrogen and oxygen atoms in total. The Labute approximate surface area is 191 Å². The normalized spacial score (nSPS) is 18.3. The lowest BCUT2D eigenvalue weighted by Crippen LogP contribution is -2.12. The highest BCUT2D eigenvalue weighted by Crippen LogP contribution is 2.43. The van der Waals surface area contributed by atoms with Crippen LogP contribution in [0.15, 0.2) is 70.8 Å². The molecular weight excluding hydrogens is 416 g/mol. The minimum Gasteiger partial charge on any atom is -0.478 e. The molecule has 0 saturated heterocycles. The number of carbonyl (C=O) groups excluding carboxylic acids is 2. The third-order valence-electron chi connectivity index (χ3n) is 6.69. The molecule has 1 aliphatic heterocycles. The Morgan fingerprint density at radius 2 is 1.76 bits per heavy atom. The minimum atomic E-state index is -1.04. The van der Waals surface area contributed by atoms with Crippen molar-refractivity contribution in [3.63, 3.8) is 0 Å². The molecule has 1 heterocycles. The molecule has 0 saturated carbocycles. The van der Waals surface area contributed by atoms with Gasteiger partial charge in [0.05, 0.1) is 5.56 Å². The summed E-state index contributed by atoms with van der Waals surface area (Å²) in [6.07, 6.45) is 7.65. The molecule has 0 spiro atoms. The minimum absolute atomic E-state index is 0.121. The van der Waals surface area contributed by atoms with Gasteiger partial charge in [0.2, 0.25) is 0 Å². The van der Waals surface area contributed by atoms with Crippen LogP contribution < -0.4 is 10.6 Å². The summed E-state index contributed by atoms with van der Waals surface area (Å²) in [6.45, 7) is 2.15. The molecule has 0 atom stereocenters. The number of hydrogen-bond acceptors (Lipinski definition) is 3. The lowest BCUT2D eigenvalue weighted by molar-refractivity contribution is -0.110. The van der Waals surface area contributed by atoms with Gasteiger partial charge in [-0.25, -0.2) is 4.79 Å². The summed E-state index contributed by atoms with van der Waals surface area (Å²) in [5, 5.41) is 14.8. The van der Waals surface area contributed by atoms with Crippen LogP contribution in [-0.4, -0.2) is 22.9 Å². The van der Waals surface area contributed by atoms with E-state index in [1.165, 1.54) is 59.4 Å². The zero-order valence-corrected chi connectivity index (χ0v) is 18.3. The number of nitrogens with one attached hydrogen (secondary N) is 2. The number of fused-ring (bicyclic) bond motifs is 1. The average Bonchev–Trinajstić information content (AvgIpc) is 3.30. The van der Waals surface area contributed by atoms with Gasteiger partial charge in [0.1, 0.15) is 0 Å². The summed E-state index contributed by atoms with van der Waals surface area (Å²) in [4.78, 5) is 36.4. The monoisotopic (exact) mass is 440 g/mol. The van der Waals surface area contributed by atoms with Gasteiger partial charge >= 0.3 is 5.97 Å². The molecule has 2 aliphatic carbocycles. The van der Waals surface area contributed by atoms with Gasteiger partial charge in [-0.15, -0.1) is 0 Å². The first-order chi connectivity index (χ1) is 15.9. The van der Waals surface area contributed by atoms with Gasteiger partial charge in [-0.05, 0) is 104 Å². The zero-order chi connectivity index (χ0) is 23.1.